The molecule has 0 aliphatic heterocycles. The summed E-state index contributed by atoms with van der Waals surface area (Å²) in [7, 11) is 0. The van der Waals surface area contributed by atoms with Crippen LogP contribution in [0.4, 0.5) is 25.1 Å². The molecule has 0 spiro atoms. The second kappa shape index (κ2) is 8.66. The molecule has 0 bridgehead atoms. The first-order valence-corrected chi connectivity index (χ1v) is 8.92. The Bertz CT molecular complexity index is 633. The molecule has 0 saturated carbocycles. The van der Waals surface area contributed by atoms with Crippen LogP contribution in [0.3, 0.4) is 0 Å². The van der Waals surface area contributed by atoms with Crippen molar-refractivity contribution < 1.29 is 18.3 Å². The summed E-state index contributed by atoms with van der Waals surface area (Å²) < 4.78 is 39.2. The van der Waals surface area contributed by atoms with Gasteiger partial charge in [0, 0.05) is 6.04 Å². The standard InChI is InChI=1S/C17H26F3N5O/c1-4-13(17(18,19)20)22-16-24-14(23-15(25-16)21-10(2)3)11-6-5-7-12(26)9-8-11/h8,10,12-13,26H,4-7,9H2,1-3H3,(H2,21,22,23,24,25)/t12?,13-/m1/s1. The van der Waals surface area contributed by atoms with Crippen LogP contribution in [0.5, 0.6) is 0 Å². The van der Waals surface area contributed by atoms with Crippen LogP contribution in [0, 0.1) is 0 Å². The molecule has 1 aromatic heterocycles. The number of aliphatic hydroxyl groups excluding tert-OH is 1. The van der Waals surface area contributed by atoms with E-state index in [1.165, 1.54) is 6.92 Å². The lowest BCUT2D eigenvalue weighted by Gasteiger charge is -2.21. The first kappa shape index (κ1) is 20.4. The highest BCUT2D eigenvalue weighted by Gasteiger charge is 2.38. The minimum atomic E-state index is -4.39. The van der Waals surface area contributed by atoms with Gasteiger partial charge in [-0.1, -0.05) is 13.0 Å². The summed E-state index contributed by atoms with van der Waals surface area (Å²) in [6.07, 6.45) is -0.472. The number of hydrogen-bond donors (Lipinski definition) is 3. The predicted octanol–water partition coefficient (Wildman–Crippen LogP) is 3.76. The van der Waals surface area contributed by atoms with E-state index in [1.807, 2.05) is 19.9 Å². The maximum absolute atomic E-state index is 13.1. The zero-order valence-corrected chi connectivity index (χ0v) is 15.3. The summed E-state index contributed by atoms with van der Waals surface area (Å²) in [5.41, 5.74) is 0.818. The fourth-order valence-electron chi connectivity index (χ4n) is 2.71. The fraction of sp³-hybridized carbons (Fsp3) is 0.706. The van der Waals surface area contributed by atoms with Gasteiger partial charge in [-0.05, 0) is 51.5 Å². The van der Waals surface area contributed by atoms with Gasteiger partial charge >= 0.3 is 6.18 Å². The zero-order chi connectivity index (χ0) is 19.3. The number of nitrogens with zero attached hydrogens (tertiary/aromatic N) is 3. The zero-order valence-electron chi connectivity index (χ0n) is 15.3. The molecule has 3 N–H and O–H groups in total. The first-order valence-electron chi connectivity index (χ1n) is 8.92. The Morgan fingerprint density at radius 2 is 1.85 bits per heavy atom. The third-order valence-electron chi connectivity index (χ3n) is 4.07. The molecule has 1 unspecified atom stereocenters. The second-order valence-corrected chi connectivity index (χ2v) is 6.76. The molecule has 1 aliphatic carbocycles. The third kappa shape index (κ3) is 5.82. The van der Waals surface area contributed by atoms with Gasteiger partial charge in [-0.3, -0.25) is 0 Å². The number of alkyl halides is 3. The van der Waals surface area contributed by atoms with Crippen molar-refractivity contribution in [3.8, 4) is 0 Å². The molecular weight excluding hydrogens is 347 g/mol. The topological polar surface area (TPSA) is 83.0 Å². The van der Waals surface area contributed by atoms with Crippen molar-refractivity contribution in [1.29, 1.82) is 0 Å². The van der Waals surface area contributed by atoms with Gasteiger partial charge in [0.1, 0.15) is 6.04 Å². The molecule has 2 rings (SSSR count). The molecule has 1 aromatic rings. The molecule has 0 saturated heterocycles. The molecule has 0 radical (unpaired) electrons. The van der Waals surface area contributed by atoms with Crippen molar-refractivity contribution in [3.63, 3.8) is 0 Å². The molecule has 146 valence electrons. The summed E-state index contributed by atoms with van der Waals surface area (Å²) in [5.74, 6) is 0.472. The molecule has 9 heteroatoms. The number of halogens is 3. The highest BCUT2D eigenvalue weighted by Crippen LogP contribution is 2.27. The van der Waals surface area contributed by atoms with E-state index in [0.29, 0.717) is 25.1 Å². The van der Waals surface area contributed by atoms with Crippen LogP contribution >= 0.6 is 0 Å². The summed E-state index contributed by atoms with van der Waals surface area (Å²) in [5, 5.41) is 15.2. The average molecular weight is 373 g/mol. The van der Waals surface area contributed by atoms with Gasteiger partial charge in [0.25, 0.3) is 0 Å². The Labute approximate surface area is 151 Å². The van der Waals surface area contributed by atoms with Gasteiger partial charge in [0.05, 0.1) is 6.10 Å². The Morgan fingerprint density at radius 3 is 2.42 bits per heavy atom. The molecule has 2 atom stereocenters. The molecule has 26 heavy (non-hydrogen) atoms. The molecule has 0 fully saturated rings. The van der Waals surface area contributed by atoms with E-state index in [1.54, 1.807) is 0 Å². The van der Waals surface area contributed by atoms with Gasteiger partial charge in [-0.2, -0.15) is 28.1 Å². The van der Waals surface area contributed by atoms with Crippen LogP contribution in [0.2, 0.25) is 0 Å². The number of allylic oxidation sites excluding steroid dienone is 1. The van der Waals surface area contributed by atoms with E-state index in [2.05, 4.69) is 25.6 Å². The number of aromatic nitrogens is 3. The van der Waals surface area contributed by atoms with Crippen molar-refractivity contribution in [2.24, 2.45) is 0 Å². The summed E-state index contributed by atoms with van der Waals surface area (Å²) in [6.45, 7) is 5.24. The minimum Gasteiger partial charge on any atom is -0.393 e. The van der Waals surface area contributed by atoms with E-state index in [-0.39, 0.29) is 24.4 Å². The van der Waals surface area contributed by atoms with Crippen LogP contribution < -0.4 is 10.6 Å². The number of anilines is 2. The number of aliphatic hydroxyl groups is 1. The largest absolute Gasteiger partial charge is 0.408 e. The number of hydrogen-bond acceptors (Lipinski definition) is 6. The minimum absolute atomic E-state index is 0.0209. The van der Waals surface area contributed by atoms with Gasteiger partial charge in [0.15, 0.2) is 5.82 Å². The Hall–Kier alpha value is -1.90. The van der Waals surface area contributed by atoms with Crippen LogP contribution in [-0.4, -0.2) is 44.4 Å². The smallest absolute Gasteiger partial charge is 0.393 e. The molecule has 0 aromatic carbocycles. The van der Waals surface area contributed by atoms with Crippen molar-refractivity contribution >= 4 is 17.5 Å². The number of rotatable bonds is 6. The van der Waals surface area contributed by atoms with Crippen molar-refractivity contribution in [2.45, 2.75) is 77.2 Å². The highest BCUT2D eigenvalue weighted by atomic mass is 19.4. The molecular formula is C17H26F3N5O. The molecule has 1 heterocycles. The van der Waals surface area contributed by atoms with Gasteiger partial charge in [-0.15, -0.1) is 0 Å². The summed E-state index contributed by atoms with van der Waals surface area (Å²) in [6, 6.07) is -1.71. The fourth-order valence-corrected chi connectivity index (χ4v) is 2.71. The quantitative estimate of drug-likeness (QED) is 0.704. The monoisotopic (exact) mass is 373 g/mol. The van der Waals surface area contributed by atoms with E-state index in [4.69, 9.17) is 0 Å². The lowest BCUT2D eigenvalue weighted by atomic mass is 10.1. The lowest BCUT2D eigenvalue weighted by molar-refractivity contribution is -0.143. The Balaban J connectivity index is 2.35. The average Bonchev–Trinajstić information content (AvgIpc) is 2.75. The number of nitrogens with one attached hydrogen (secondary N) is 2. The lowest BCUT2D eigenvalue weighted by Crippen LogP contribution is -2.36. The predicted molar refractivity (Wildman–Crippen MR) is 94.8 cm³/mol. The maximum atomic E-state index is 13.1. The van der Waals surface area contributed by atoms with Crippen molar-refractivity contribution in [1.82, 2.24) is 15.0 Å². The van der Waals surface area contributed by atoms with E-state index in [0.717, 1.165) is 12.0 Å². The van der Waals surface area contributed by atoms with Crippen molar-refractivity contribution in [3.05, 3.63) is 11.9 Å². The van der Waals surface area contributed by atoms with Crippen LogP contribution in [0.25, 0.3) is 5.57 Å². The van der Waals surface area contributed by atoms with Gasteiger partial charge in [-0.25, -0.2) is 0 Å². The van der Waals surface area contributed by atoms with Gasteiger partial charge in [0.2, 0.25) is 11.9 Å². The maximum Gasteiger partial charge on any atom is 0.408 e. The Morgan fingerprint density at radius 1 is 1.19 bits per heavy atom. The molecule has 6 nitrogen and oxygen atoms in total. The van der Waals surface area contributed by atoms with Crippen LogP contribution in [0.15, 0.2) is 6.08 Å². The van der Waals surface area contributed by atoms with Gasteiger partial charge < -0.3 is 15.7 Å². The second-order valence-electron chi connectivity index (χ2n) is 6.76. The molecule has 0 amide bonds. The normalized spacial score (nSPS) is 19.7. The highest BCUT2D eigenvalue weighted by molar-refractivity contribution is 5.62. The van der Waals surface area contributed by atoms with Crippen molar-refractivity contribution in [2.75, 3.05) is 10.6 Å². The van der Waals surface area contributed by atoms with Crippen LogP contribution in [0.1, 0.15) is 58.7 Å². The Kier molecular flexibility index (Phi) is 6.80. The van der Waals surface area contributed by atoms with Crippen LogP contribution in [-0.2, 0) is 0 Å². The summed E-state index contributed by atoms with van der Waals surface area (Å²) in [4.78, 5) is 12.7. The van der Waals surface area contributed by atoms with E-state index < -0.39 is 18.3 Å². The first-order chi connectivity index (χ1) is 12.2. The van der Waals surface area contributed by atoms with E-state index >= 15 is 0 Å². The van der Waals surface area contributed by atoms with E-state index in [9.17, 15) is 18.3 Å². The third-order valence-corrected chi connectivity index (χ3v) is 4.07. The molecule has 1 aliphatic rings. The SMILES string of the molecule is CC[C@@H](Nc1nc(NC(C)C)nc(C2=CCC(O)CCC2)n1)C(F)(F)F. The summed E-state index contributed by atoms with van der Waals surface area (Å²) >= 11 is 0.